The minimum absolute atomic E-state index is 0.126. The Morgan fingerprint density at radius 3 is 2.42 bits per heavy atom. The van der Waals surface area contributed by atoms with Crippen LogP contribution in [0.4, 0.5) is 0 Å². The number of ether oxygens (including phenoxy) is 2. The van der Waals surface area contributed by atoms with Crippen molar-refractivity contribution in [1.29, 1.82) is 0 Å². The molecule has 1 aromatic carbocycles. The number of unbranched alkanes of at least 4 members (excludes halogenated alkanes) is 1. The third kappa shape index (κ3) is 7.34. The van der Waals surface area contributed by atoms with Gasteiger partial charge >= 0.3 is 13.1 Å². The van der Waals surface area contributed by atoms with Crippen molar-refractivity contribution < 1.29 is 28.7 Å². The average Bonchev–Trinajstić information content (AvgIpc) is 3.12. The predicted octanol–water partition coefficient (Wildman–Crippen LogP) is 6.05. The summed E-state index contributed by atoms with van der Waals surface area (Å²) in [5.41, 5.74) is 1.90. The number of benzene rings is 1. The number of aliphatic hydroxyl groups excluding tert-OH is 1. The monoisotopic (exact) mass is 521 g/mol. The second-order valence-corrected chi connectivity index (χ2v) is 10.4. The van der Waals surface area contributed by atoms with E-state index in [1.807, 2.05) is 52.0 Å². The number of aromatic nitrogens is 1. The smallest absolute Gasteiger partial charge is 0.491 e. The molecule has 8 heteroatoms. The lowest BCUT2D eigenvalue weighted by Crippen LogP contribution is -2.41. The summed E-state index contributed by atoms with van der Waals surface area (Å²) >= 11 is 0. The van der Waals surface area contributed by atoms with Crippen molar-refractivity contribution in [3.8, 4) is 5.75 Å². The van der Waals surface area contributed by atoms with Gasteiger partial charge in [0.1, 0.15) is 18.5 Å². The molecule has 3 rings (SSSR count). The van der Waals surface area contributed by atoms with Crippen molar-refractivity contribution in [2.75, 3.05) is 13.2 Å². The first-order chi connectivity index (χ1) is 18.1. The molecule has 2 aromatic rings. The molecule has 1 fully saturated rings. The third-order valence-corrected chi connectivity index (χ3v) is 7.08. The number of carbonyl (C=O) groups is 1. The quantitative estimate of drug-likeness (QED) is 0.195. The van der Waals surface area contributed by atoms with E-state index in [4.69, 9.17) is 18.8 Å². The largest absolute Gasteiger partial charge is 0.494 e. The molecule has 1 saturated heterocycles. The fourth-order valence-electron chi connectivity index (χ4n) is 4.10. The highest BCUT2D eigenvalue weighted by atomic mass is 16.7. The lowest BCUT2D eigenvalue weighted by Gasteiger charge is -2.32. The Balaban J connectivity index is 1.97. The van der Waals surface area contributed by atoms with Crippen LogP contribution in [0.25, 0.3) is 0 Å². The molecule has 1 atom stereocenters. The van der Waals surface area contributed by atoms with Crippen LogP contribution in [0.1, 0.15) is 82.3 Å². The van der Waals surface area contributed by atoms with E-state index in [9.17, 15) is 9.90 Å². The predicted molar refractivity (Wildman–Crippen MR) is 149 cm³/mol. The lowest BCUT2D eigenvalue weighted by molar-refractivity contribution is 0.00578. The molecule has 7 nitrogen and oxygen atoms in total. The Hall–Kier alpha value is -2.94. The standard InChI is InChI=1S/C30H40BNO6/c1-7-8-11-22(2)25(31-37-29(3,4)30(5,6)38-31)14-15-27(36-28(34)23-16-18-32-19-17-23)24-12-9-10-13-26(24)35-21-20-33/h9-10,12-14,16-19,27,33H,2,7-8,11,15,20-21H2,1,3-6H3/b25-14-/t27-/m1/s1. The maximum atomic E-state index is 13.1. The highest BCUT2D eigenvalue weighted by Crippen LogP contribution is 2.41. The second kappa shape index (κ2) is 13.2. The number of aliphatic hydroxyl groups is 1. The van der Waals surface area contributed by atoms with Gasteiger partial charge in [-0.1, -0.05) is 49.8 Å². The van der Waals surface area contributed by atoms with Gasteiger partial charge in [0.2, 0.25) is 0 Å². The first-order valence-corrected chi connectivity index (χ1v) is 13.3. The molecule has 0 unspecified atom stereocenters. The Kier molecular flexibility index (Phi) is 10.3. The summed E-state index contributed by atoms with van der Waals surface area (Å²) in [6, 6.07) is 10.6. The third-order valence-electron chi connectivity index (χ3n) is 7.08. The van der Waals surface area contributed by atoms with Crippen LogP contribution in [0.15, 0.2) is 72.5 Å². The number of pyridine rings is 1. The van der Waals surface area contributed by atoms with Crippen LogP contribution in [-0.2, 0) is 14.0 Å². The van der Waals surface area contributed by atoms with E-state index in [0.29, 0.717) is 23.3 Å². The molecule has 1 aliphatic heterocycles. The number of rotatable bonds is 13. The van der Waals surface area contributed by atoms with E-state index < -0.39 is 30.4 Å². The van der Waals surface area contributed by atoms with Gasteiger partial charge in [-0.2, -0.15) is 0 Å². The number of carbonyl (C=O) groups excluding carboxylic acids is 1. The molecule has 0 spiro atoms. The van der Waals surface area contributed by atoms with Crippen LogP contribution in [0.2, 0.25) is 0 Å². The maximum Gasteiger partial charge on any atom is 0.494 e. The summed E-state index contributed by atoms with van der Waals surface area (Å²) in [6.07, 6.45) is 7.64. The fraction of sp³-hybridized carbons (Fsp3) is 0.467. The van der Waals surface area contributed by atoms with Crippen LogP contribution in [0.5, 0.6) is 5.75 Å². The lowest BCUT2D eigenvalue weighted by atomic mass is 9.72. The SMILES string of the molecule is C=C(CCCC)/C(=C/C[C@@H](OC(=O)c1ccncc1)c1ccccc1OCCO)B1OC(C)(C)C(C)(C)O1. The van der Waals surface area contributed by atoms with E-state index >= 15 is 0 Å². The van der Waals surface area contributed by atoms with E-state index in [0.717, 1.165) is 30.3 Å². The highest BCUT2D eigenvalue weighted by Gasteiger charge is 2.52. The van der Waals surface area contributed by atoms with Crippen molar-refractivity contribution in [2.24, 2.45) is 0 Å². The summed E-state index contributed by atoms with van der Waals surface area (Å²) in [6.45, 7) is 14.6. The molecule has 0 bridgehead atoms. The number of nitrogens with zero attached hydrogens (tertiary/aromatic N) is 1. The van der Waals surface area contributed by atoms with Gasteiger partial charge < -0.3 is 23.9 Å². The molecule has 1 aliphatic rings. The first kappa shape index (κ1) is 29.6. The van der Waals surface area contributed by atoms with Crippen LogP contribution in [0.3, 0.4) is 0 Å². The minimum atomic E-state index is -0.665. The summed E-state index contributed by atoms with van der Waals surface area (Å²) < 4.78 is 24.6. The van der Waals surface area contributed by atoms with Gasteiger partial charge in [-0.05, 0) is 64.2 Å². The van der Waals surface area contributed by atoms with Gasteiger partial charge in [0, 0.05) is 24.4 Å². The molecule has 0 amide bonds. The Morgan fingerprint density at radius 2 is 1.79 bits per heavy atom. The number of allylic oxidation sites excluding steroid dienone is 2. The van der Waals surface area contributed by atoms with Crippen molar-refractivity contribution in [3.05, 3.63) is 83.6 Å². The fourth-order valence-corrected chi connectivity index (χ4v) is 4.10. The molecule has 0 saturated carbocycles. The van der Waals surface area contributed by atoms with Gasteiger partial charge in [0.05, 0.1) is 23.4 Å². The van der Waals surface area contributed by atoms with Gasteiger partial charge in [-0.15, -0.1) is 0 Å². The molecule has 38 heavy (non-hydrogen) atoms. The van der Waals surface area contributed by atoms with E-state index in [1.165, 1.54) is 0 Å². The van der Waals surface area contributed by atoms with Gasteiger partial charge in [-0.25, -0.2) is 4.79 Å². The van der Waals surface area contributed by atoms with Crippen LogP contribution >= 0.6 is 0 Å². The zero-order valence-electron chi connectivity index (χ0n) is 23.2. The molecular formula is C30H40BNO6. The van der Waals surface area contributed by atoms with Crippen molar-refractivity contribution in [2.45, 2.75) is 77.6 Å². The maximum absolute atomic E-state index is 13.1. The van der Waals surface area contributed by atoms with Crippen LogP contribution in [-0.4, -0.2) is 47.6 Å². The molecule has 204 valence electrons. The van der Waals surface area contributed by atoms with Crippen molar-refractivity contribution >= 4 is 13.1 Å². The normalized spacial score (nSPS) is 17.2. The Bertz CT molecular complexity index is 1100. The number of hydrogen-bond acceptors (Lipinski definition) is 7. The van der Waals surface area contributed by atoms with Crippen molar-refractivity contribution in [1.82, 2.24) is 4.98 Å². The van der Waals surface area contributed by atoms with Crippen molar-refractivity contribution in [3.63, 3.8) is 0 Å². The van der Waals surface area contributed by atoms with Gasteiger partial charge in [0.15, 0.2) is 0 Å². The Morgan fingerprint density at radius 1 is 1.13 bits per heavy atom. The van der Waals surface area contributed by atoms with Crippen LogP contribution in [0, 0.1) is 0 Å². The topological polar surface area (TPSA) is 87.1 Å². The van der Waals surface area contributed by atoms with E-state index in [-0.39, 0.29) is 13.2 Å². The van der Waals surface area contributed by atoms with E-state index in [1.54, 1.807) is 30.6 Å². The zero-order chi connectivity index (χ0) is 27.8. The number of esters is 1. The number of hydrogen-bond donors (Lipinski definition) is 1. The first-order valence-electron chi connectivity index (χ1n) is 13.3. The summed E-state index contributed by atoms with van der Waals surface area (Å²) in [7, 11) is -0.582. The summed E-state index contributed by atoms with van der Waals surface area (Å²) in [5.74, 6) is 0.0780. The van der Waals surface area contributed by atoms with Gasteiger partial charge in [0.25, 0.3) is 0 Å². The highest BCUT2D eigenvalue weighted by molar-refractivity contribution is 6.56. The molecule has 2 heterocycles. The molecule has 1 aromatic heterocycles. The average molecular weight is 521 g/mol. The van der Waals surface area contributed by atoms with E-state index in [2.05, 4.69) is 18.5 Å². The van der Waals surface area contributed by atoms with Crippen LogP contribution < -0.4 is 4.74 Å². The van der Waals surface area contributed by atoms with Gasteiger partial charge in [-0.3, -0.25) is 4.98 Å². The molecule has 0 radical (unpaired) electrons. The summed E-state index contributed by atoms with van der Waals surface area (Å²) in [5, 5.41) is 9.30. The minimum Gasteiger partial charge on any atom is -0.491 e. The summed E-state index contributed by atoms with van der Waals surface area (Å²) in [4.78, 5) is 17.1. The zero-order valence-corrected chi connectivity index (χ0v) is 23.2. The molecule has 0 aliphatic carbocycles. The second-order valence-electron chi connectivity index (χ2n) is 10.4. The molecular weight excluding hydrogens is 481 g/mol. The Labute approximate surface area is 227 Å². The molecule has 1 N–H and O–H groups in total. The number of para-hydroxylation sites is 1.